The summed E-state index contributed by atoms with van der Waals surface area (Å²) < 4.78 is 5.62. The summed E-state index contributed by atoms with van der Waals surface area (Å²) in [4.78, 5) is 4.47. The summed E-state index contributed by atoms with van der Waals surface area (Å²) in [6.45, 7) is 4.86. The Hall–Kier alpha value is -0.260. The molecule has 0 bridgehead atoms. The van der Waals surface area contributed by atoms with Crippen LogP contribution in [0.3, 0.4) is 0 Å². The zero-order valence-electron chi connectivity index (χ0n) is 9.24. The summed E-state index contributed by atoms with van der Waals surface area (Å²) in [6, 6.07) is 0. The third-order valence-corrected chi connectivity index (χ3v) is 3.96. The average molecular weight is 229 g/mol. The number of rotatable bonds is 1. The van der Waals surface area contributed by atoms with Crippen LogP contribution in [0.25, 0.3) is 0 Å². The molecule has 0 aromatic heterocycles. The molecule has 2 rings (SSSR count). The van der Waals surface area contributed by atoms with Gasteiger partial charge >= 0.3 is 0 Å². The van der Waals surface area contributed by atoms with Crippen LogP contribution in [-0.4, -0.2) is 73.1 Å². The molecular formula is C10H19N3OS. The Morgan fingerprint density at radius 1 is 1.33 bits per heavy atom. The summed E-state index contributed by atoms with van der Waals surface area (Å²) in [5, 5.41) is 8.11. The molecule has 4 nitrogen and oxygen atoms in total. The van der Waals surface area contributed by atoms with E-state index in [1.54, 1.807) is 0 Å². The van der Waals surface area contributed by atoms with E-state index >= 15 is 0 Å². The Labute approximate surface area is 95.5 Å². The summed E-state index contributed by atoms with van der Waals surface area (Å²) in [5.41, 5.74) is 0. The molecule has 1 atom stereocenters. The molecule has 2 aliphatic heterocycles. The molecular weight excluding hydrogens is 210 g/mol. The maximum absolute atomic E-state index is 8.11. The van der Waals surface area contributed by atoms with Gasteiger partial charge in [-0.3, -0.25) is 5.41 Å². The van der Waals surface area contributed by atoms with Crippen molar-refractivity contribution in [2.75, 3.05) is 51.3 Å². The van der Waals surface area contributed by atoms with Crippen LogP contribution in [-0.2, 0) is 4.74 Å². The number of nitrogens with zero attached hydrogens (tertiary/aromatic N) is 2. The van der Waals surface area contributed by atoms with Crippen molar-refractivity contribution in [3.63, 3.8) is 0 Å². The fourth-order valence-corrected chi connectivity index (χ4v) is 2.75. The molecule has 2 fully saturated rings. The van der Waals surface area contributed by atoms with E-state index in [0.717, 1.165) is 44.3 Å². The topological polar surface area (TPSA) is 39.6 Å². The molecule has 0 spiro atoms. The Kier molecular flexibility index (Phi) is 3.88. The van der Waals surface area contributed by atoms with Crippen LogP contribution in [0.2, 0.25) is 0 Å². The molecule has 86 valence electrons. The minimum atomic E-state index is 0.0344. The SMILES string of the molecule is CN1CCN(C(=N)C2CSCCO2)CC1. The molecule has 15 heavy (non-hydrogen) atoms. The Morgan fingerprint density at radius 2 is 2.07 bits per heavy atom. The zero-order chi connectivity index (χ0) is 10.7. The van der Waals surface area contributed by atoms with E-state index in [0.29, 0.717) is 5.84 Å². The van der Waals surface area contributed by atoms with Gasteiger partial charge in [0.05, 0.1) is 6.61 Å². The molecule has 1 N–H and O–H groups in total. The fourth-order valence-electron chi connectivity index (χ4n) is 1.90. The van der Waals surface area contributed by atoms with Crippen LogP contribution in [0.1, 0.15) is 0 Å². The van der Waals surface area contributed by atoms with Gasteiger partial charge in [0.2, 0.25) is 0 Å². The largest absolute Gasteiger partial charge is 0.369 e. The molecule has 0 radical (unpaired) electrons. The number of ether oxygens (including phenoxy) is 1. The van der Waals surface area contributed by atoms with Crippen molar-refractivity contribution in [3.05, 3.63) is 0 Å². The van der Waals surface area contributed by atoms with Gasteiger partial charge in [-0.05, 0) is 7.05 Å². The van der Waals surface area contributed by atoms with E-state index in [1.807, 2.05) is 11.8 Å². The van der Waals surface area contributed by atoms with Gasteiger partial charge in [-0.25, -0.2) is 0 Å². The number of likely N-dealkylation sites (N-methyl/N-ethyl adjacent to an activating group) is 1. The van der Waals surface area contributed by atoms with E-state index in [1.165, 1.54) is 0 Å². The van der Waals surface area contributed by atoms with Gasteiger partial charge in [0.1, 0.15) is 11.9 Å². The first-order chi connectivity index (χ1) is 7.27. The molecule has 0 saturated carbocycles. The summed E-state index contributed by atoms with van der Waals surface area (Å²) in [5.74, 6) is 2.72. The molecule has 2 heterocycles. The quantitative estimate of drug-likeness (QED) is 0.520. The number of piperazine rings is 1. The number of hydrogen-bond donors (Lipinski definition) is 1. The molecule has 0 amide bonds. The van der Waals surface area contributed by atoms with Crippen molar-refractivity contribution in [1.29, 1.82) is 5.41 Å². The van der Waals surface area contributed by atoms with E-state index in [-0.39, 0.29) is 6.10 Å². The standard InChI is InChI=1S/C10H19N3OS/c1-12-2-4-13(5-3-12)10(11)9-8-15-7-6-14-9/h9,11H,2-8H2,1H3. The second-order valence-electron chi connectivity index (χ2n) is 4.11. The predicted molar refractivity (Wildman–Crippen MR) is 63.9 cm³/mol. The fraction of sp³-hybridized carbons (Fsp3) is 0.900. The molecule has 0 aromatic rings. The Morgan fingerprint density at radius 3 is 2.67 bits per heavy atom. The predicted octanol–water partition coefficient (Wildman–Crippen LogP) is 0.343. The second-order valence-corrected chi connectivity index (χ2v) is 5.26. The van der Waals surface area contributed by atoms with Gasteiger partial charge in [-0.15, -0.1) is 0 Å². The molecule has 2 aliphatic rings. The van der Waals surface area contributed by atoms with Crippen LogP contribution < -0.4 is 0 Å². The average Bonchev–Trinajstić information content (AvgIpc) is 2.30. The van der Waals surface area contributed by atoms with Crippen LogP contribution in [0, 0.1) is 5.41 Å². The minimum Gasteiger partial charge on any atom is -0.369 e. The molecule has 5 heteroatoms. The highest BCUT2D eigenvalue weighted by atomic mass is 32.2. The molecule has 0 aromatic carbocycles. The third kappa shape index (κ3) is 2.86. The van der Waals surface area contributed by atoms with Gasteiger partial charge in [-0.1, -0.05) is 0 Å². The van der Waals surface area contributed by atoms with Crippen molar-refractivity contribution >= 4 is 17.6 Å². The minimum absolute atomic E-state index is 0.0344. The third-order valence-electron chi connectivity index (χ3n) is 2.96. The monoisotopic (exact) mass is 229 g/mol. The van der Waals surface area contributed by atoms with Crippen molar-refractivity contribution in [2.24, 2.45) is 0 Å². The van der Waals surface area contributed by atoms with E-state index in [9.17, 15) is 0 Å². The van der Waals surface area contributed by atoms with Gasteiger partial charge in [-0.2, -0.15) is 11.8 Å². The second kappa shape index (κ2) is 5.18. The lowest BCUT2D eigenvalue weighted by atomic mass is 10.2. The molecule has 1 unspecified atom stereocenters. The van der Waals surface area contributed by atoms with Gasteiger partial charge in [0.15, 0.2) is 0 Å². The van der Waals surface area contributed by atoms with Crippen LogP contribution >= 0.6 is 11.8 Å². The smallest absolute Gasteiger partial charge is 0.127 e. The first-order valence-corrected chi connectivity index (χ1v) is 6.64. The highest BCUT2D eigenvalue weighted by Crippen LogP contribution is 2.15. The highest BCUT2D eigenvalue weighted by molar-refractivity contribution is 7.99. The maximum atomic E-state index is 8.11. The number of hydrogen-bond acceptors (Lipinski definition) is 4. The lowest BCUT2D eigenvalue weighted by molar-refractivity contribution is 0.104. The lowest BCUT2D eigenvalue weighted by Crippen LogP contribution is -2.51. The van der Waals surface area contributed by atoms with Gasteiger partial charge in [0, 0.05) is 37.7 Å². The van der Waals surface area contributed by atoms with Crippen LogP contribution in [0.4, 0.5) is 0 Å². The number of thioether (sulfide) groups is 1. The first kappa shape index (κ1) is 11.2. The Balaban J connectivity index is 1.84. The lowest BCUT2D eigenvalue weighted by Gasteiger charge is -2.37. The van der Waals surface area contributed by atoms with E-state index in [2.05, 4.69) is 16.8 Å². The van der Waals surface area contributed by atoms with Crippen molar-refractivity contribution < 1.29 is 4.74 Å². The van der Waals surface area contributed by atoms with E-state index < -0.39 is 0 Å². The Bertz CT molecular complexity index is 223. The van der Waals surface area contributed by atoms with Gasteiger partial charge in [0.25, 0.3) is 0 Å². The molecule has 2 saturated heterocycles. The van der Waals surface area contributed by atoms with Crippen LogP contribution in [0.5, 0.6) is 0 Å². The number of nitrogens with one attached hydrogen (secondary N) is 1. The number of amidine groups is 1. The summed E-state index contributed by atoms with van der Waals surface area (Å²) in [7, 11) is 2.13. The summed E-state index contributed by atoms with van der Waals surface area (Å²) in [6.07, 6.45) is 0.0344. The normalized spacial score (nSPS) is 29.1. The van der Waals surface area contributed by atoms with Crippen molar-refractivity contribution in [3.8, 4) is 0 Å². The van der Waals surface area contributed by atoms with Gasteiger partial charge < -0.3 is 14.5 Å². The summed E-state index contributed by atoms with van der Waals surface area (Å²) >= 11 is 1.89. The zero-order valence-corrected chi connectivity index (χ0v) is 10.1. The van der Waals surface area contributed by atoms with Crippen molar-refractivity contribution in [1.82, 2.24) is 9.80 Å². The van der Waals surface area contributed by atoms with E-state index in [4.69, 9.17) is 10.1 Å². The van der Waals surface area contributed by atoms with Crippen LogP contribution in [0.15, 0.2) is 0 Å². The first-order valence-electron chi connectivity index (χ1n) is 5.48. The molecule has 0 aliphatic carbocycles. The maximum Gasteiger partial charge on any atom is 0.127 e. The highest BCUT2D eigenvalue weighted by Gasteiger charge is 2.25. The van der Waals surface area contributed by atoms with Crippen molar-refractivity contribution in [2.45, 2.75) is 6.10 Å².